The third kappa shape index (κ3) is 8.10. The number of fused-ring (bicyclic) bond motifs is 1. The lowest BCUT2D eigenvalue weighted by molar-refractivity contribution is 0.0181. The van der Waals surface area contributed by atoms with E-state index < -0.39 is 13.9 Å². The first-order chi connectivity index (χ1) is 19.2. The predicted octanol–water partition coefficient (Wildman–Crippen LogP) is 7.90. The van der Waals surface area contributed by atoms with Crippen molar-refractivity contribution in [2.24, 2.45) is 5.92 Å². The molecule has 0 bridgehead atoms. The van der Waals surface area contributed by atoms with Gasteiger partial charge in [-0.2, -0.15) is 0 Å². The fourth-order valence-electron chi connectivity index (χ4n) is 4.72. The van der Waals surface area contributed by atoms with Crippen molar-refractivity contribution in [1.82, 2.24) is 15.0 Å². The van der Waals surface area contributed by atoms with Crippen LogP contribution in [-0.2, 0) is 28.8 Å². The Hall–Kier alpha value is -2.91. The average Bonchev–Trinajstić information content (AvgIpc) is 3.32. The smallest absolute Gasteiger partial charge is 0.410 e. The van der Waals surface area contributed by atoms with Gasteiger partial charge in [0.2, 0.25) is 0 Å². The molecule has 1 aliphatic rings. The second kappa shape index (κ2) is 12.5. The zero-order valence-corrected chi connectivity index (χ0v) is 27.1. The van der Waals surface area contributed by atoms with E-state index in [1.165, 1.54) is 0 Å². The van der Waals surface area contributed by atoms with Crippen LogP contribution in [-0.4, -0.2) is 48.1 Å². The minimum atomic E-state index is -2.01. The van der Waals surface area contributed by atoms with Crippen LogP contribution in [0.2, 0.25) is 18.1 Å². The first kappa shape index (κ1) is 31.0. The molecule has 224 valence electrons. The van der Waals surface area contributed by atoms with Crippen LogP contribution in [0.1, 0.15) is 77.6 Å². The number of aromatic nitrogens is 2. The van der Waals surface area contributed by atoms with Gasteiger partial charge in [0.05, 0.1) is 17.9 Å². The number of likely N-dealkylation sites (tertiary alicyclic amines) is 1. The molecule has 8 nitrogen and oxygen atoms in total. The van der Waals surface area contributed by atoms with E-state index in [2.05, 4.69) is 50.1 Å². The van der Waals surface area contributed by atoms with Gasteiger partial charge < -0.3 is 23.3 Å². The summed E-state index contributed by atoms with van der Waals surface area (Å²) in [4.78, 5) is 18.4. The fraction of sp³-hybridized carbons (Fsp3) is 0.594. The van der Waals surface area contributed by atoms with Crippen molar-refractivity contribution >= 4 is 25.4 Å². The van der Waals surface area contributed by atoms with Crippen LogP contribution in [0.3, 0.4) is 0 Å². The lowest BCUT2D eigenvalue weighted by atomic mass is 9.91. The van der Waals surface area contributed by atoms with Gasteiger partial charge in [-0.05, 0) is 100 Å². The standard InChI is InChI=1S/C32H47N3O5Si/c1-31(2,3)39-30(36)35-19-15-23(16-20-35)9-11-27-25-10-12-28(37-21-24-13-17-33-18-14-24)26(29(25)40-34-27)22-38-41(7,8)32(4,5)6/h10,12-14,17-18,23H,9,11,15-16,19-22H2,1-8H3. The highest BCUT2D eigenvalue weighted by Crippen LogP contribution is 2.39. The van der Waals surface area contributed by atoms with Crippen LogP contribution < -0.4 is 4.74 Å². The molecular weight excluding hydrogens is 534 g/mol. The molecule has 3 aromatic rings. The minimum absolute atomic E-state index is 0.0879. The Labute approximate surface area is 245 Å². The molecule has 1 saturated heterocycles. The van der Waals surface area contributed by atoms with Gasteiger partial charge in [0.1, 0.15) is 18.0 Å². The van der Waals surface area contributed by atoms with Gasteiger partial charge in [-0.3, -0.25) is 4.98 Å². The van der Waals surface area contributed by atoms with E-state index in [9.17, 15) is 4.79 Å². The van der Waals surface area contributed by atoms with Gasteiger partial charge in [0, 0.05) is 30.9 Å². The van der Waals surface area contributed by atoms with E-state index in [1.807, 2.05) is 43.9 Å². The number of aryl methyl sites for hydroxylation is 1. The number of rotatable bonds is 9. The summed E-state index contributed by atoms with van der Waals surface area (Å²) in [5.74, 6) is 1.29. The van der Waals surface area contributed by atoms with Crippen molar-refractivity contribution < 1.29 is 23.2 Å². The van der Waals surface area contributed by atoms with Crippen LogP contribution in [0.4, 0.5) is 4.79 Å². The lowest BCUT2D eigenvalue weighted by Crippen LogP contribution is -2.41. The summed E-state index contributed by atoms with van der Waals surface area (Å²) in [5, 5.41) is 5.61. The van der Waals surface area contributed by atoms with E-state index in [4.69, 9.17) is 18.4 Å². The molecule has 1 aliphatic heterocycles. The van der Waals surface area contributed by atoms with Gasteiger partial charge in [0.15, 0.2) is 13.9 Å². The maximum atomic E-state index is 12.4. The molecule has 0 unspecified atom stereocenters. The Morgan fingerprint density at radius 2 is 1.71 bits per heavy atom. The largest absolute Gasteiger partial charge is 0.488 e. The third-order valence-corrected chi connectivity index (χ3v) is 12.8. The number of carbonyl (C=O) groups excluding carboxylic acids is 1. The number of hydrogen-bond acceptors (Lipinski definition) is 7. The Bertz CT molecular complexity index is 1300. The number of hydrogen-bond donors (Lipinski definition) is 0. The predicted molar refractivity (Wildman–Crippen MR) is 163 cm³/mol. The molecule has 41 heavy (non-hydrogen) atoms. The number of benzene rings is 1. The summed E-state index contributed by atoms with van der Waals surface area (Å²) in [7, 11) is -2.01. The monoisotopic (exact) mass is 581 g/mol. The van der Waals surface area contributed by atoms with Crippen molar-refractivity contribution in [3.05, 3.63) is 53.5 Å². The van der Waals surface area contributed by atoms with Gasteiger partial charge in [-0.1, -0.05) is 25.9 Å². The van der Waals surface area contributed by atoms with E-state index in [0.717, 1.165) is 72.3 Å². The number of carbonyl (C=O) groups is 1. The molecule has 1 amide bonds. The number of amides is 1. The SMILES string of the molecule is CC(C)(C)OC(=O)N1CCC(CCc2noc3c(CO[Si](C)(C)C(C)(C)C)c(OCc4ccncc4)ccc23)CC1. The Kier molecular flexibility index (Phi) is 9.48. The summed E-state index contributed by atoms with van der Waals surface area (Å²) in [5.41, 5.74) is 3.19. The summed E-state index contributed by atoms with van der Waals surface area (Å²) in [6, 6.07) is 7.99. The van der Waals surface area contributed by atoms with Gasteiger partial charge in [-0.25, -0.2) is 4.79 Å². The number of piperidine rings is 1. The van der Waals surface area contributed by atoms with Gasteiger partial charge in [0.25, 0.3) is 0 Å². The topological polar surface area (TPSA) is 86.9 Å². The zero-order valence-electron chi connectivity index (χ0n) is 26.1. The van der Waals surface area contributed by atoms with E-state index in [-0.39, 0.29) is 11.1 Å². The van der Waals surface area contributed by atoms with E-state index >= 15 is 0 Å². The van der Waals surface area contributed by atoms with Gasteiger partial charge in [-0.15, -0.1) is 0 Å². The summed E-state index contributed by atoms with van der Waals surface area (Å²) in [6.45, 7) is 19.2. The molecule has 0 spiro atoms. The third-order valence-electron chi connectivity index (χ3n) is 8.36. The van der Waals surface area contributed by atoms with Crippen LogP contribution in [0, 0.1) is 5.92 Å². The van der Waals surface area contributed by atoms with Crippen LogP contribution >= 0.6 is 0 Å². The number of ether oxygens (including phenoxy) is 2. The van der Waals surface area contributed by atoms with Crippen molar-refractivity contribution in [2.75, 3.05) is 13.1 Å². The Balaban J connectivity index is 1.46. The summed E-state index contributed by atoms with van der Waals surface area (Å²) >= 11 is 0. The highest BCUT2D eigenvalue weighted by atomic mass is 28.4. The summed E-state index contributed by atoms with van der Waals surface area (Å²) in [6.07, 6.45) is 7.08. The number of pyridine rings is 1. The molecule has 4 rings (SSSR count). The van der Waals surface area contributed by atoms with Crippen LogP contribution in [0.5, 0.6) is 5.75 Å². The fourth-order valence-corrected chi connectivity index (χ4v) is 5.66. The second-order valence-electron chi connectivity index (χ2n) is 13.7. The van der Waals surface area contributed by atoms with Crippen LogP contribution in [0.25, 0.3) is 11.0 Å². The maximum absolute atomic E-state index is 12.4. The second-order valence-corrected chi connectivity index (χ2v) is 18.5. The van der Waals surface area contributed by atoms with E-state index in [0.29, 0.717) is 19.1 Å². The first-order valence-corrected chi connectivity index (χ1v) is 17.7. The van der Waals surface area contributed by atoms with Crippen molar-refractivity contribution in [3.63, 3.8) is 0 Å². The first-order valence-electron chi connectivity index (χ1n) is 14.8. The lowest BCUT2D eigenvalue weighted by Gasteiger charge is -2.36. The molecule has 0 aliphatic carbocycles. The molecule has 0 N–H and O–H groups in total. The minimum Gasteiger partial charge on any atom is -0.488 e. The maximum Gasteiger partial charge on any atom is 0.410 e. The zero-order chi connectivity index (χ0) is 29.8. The Morgan fingerprint density at radius 3 is 2.34 bits per heavy atom. The molecule has 3 heterocycles. The van der Waals surface area contributed by atoms with Crippen molar-refractivity contribution in [3.8, 4) is 5.75 Å². The molecule has 0 radical (unpaired) electrons. The Morgan fingerprint density at radius 1 is 1.02 bits per heavy atom. The quantitative estimate of drug-likeness (QED) is 0.237. The normalized spacial score (nSPS) is 15.4. The molecule has 9 heteroatoms. The van der Waals surface area contributed by atoms with Crippen molar-refractivity contribution in [2.45, 2.75) is 104 Å². The van der Waals surface area contributed by atoms with Crippen LogP contribution in [0.15, 0.2) is 41.2 Å². The van der Waals surface area contributed by atoms with Gasteiger partial charge >= 0.3 is 6.09 Å². The number of nitrogens with zero attached hydrogens (tertiary/aromatic N) is 3. The highest BCUT2D eigenvalue weighted by Gasteiger charge is 2.37. The molecule has 1 fully saturated rings. The highest BCUT2D eigenvalue weighted by molar-refractivity contribution is 6.74. The van der Waals surface area contributed by atoms with Crippen molar-refractivity contribution in [1.29, 1.82) is 0 Å². The average molecular weight is 582 g/mol. The molecule has 0 atom stereocenters. The summed E-state index contributed by atoms with van der Waals surface area (Å²) < 4.78 is 24.4. The molecular formula is C32H47N3O5Si. The molecule has 0 saturated carbocycles. The molecule has 1 aromatic carbocycles. The van der Waals surface area contributed by atoms with E-state index in [1.54, 1.807) is 12.4 Å². The molecule has 2 aromatic heterocycles.